The number of nitrogens with zero attached hydrogens (tertiary/aromatic N) is 2. The number of anilines is 1. The molecular weight excluding hydrogens is 505 g/mol. The molecule has 202 valence electrons. The van der Waals surface area contributed by atoms with Crippen LogP contribution in [0, 0.1) is 5.82 Å². The molecule has 0 aliphatic rings. The summed E-state index contributed by atoms with van der Waals surface area (Å²) >= 11 is 0. The molecule has 3 aromatic rings. The molecule has 0 bridgehead atoms. The van der Waals surface area contributed by atoms with E-state index < -0.39 is 34.3 Å². The summed E-state index contributed by atoms with van der Waals surface area (Å²) < 4.78 is 39.8. The van der Waals surface area contributed by atoms with Gasteiger partial charge in [-0.2, -0.15) is 0 Å². The van der Waals surface area contributed by atoms with Crippen LogP contribution in [-0.4, -0.2) is 50.5 Å². The van der Waals surface area contributed by atoms with Gasteiger partial charge in [0.05, 0.1) is 11.9 Å². The summed E-state index contributed by atoms with van der Waals surface area (Å²) in [6.07, 6.45) is 2.94. The topological polar surface area (TPSA) is 86.8 Å². The molecule has 0 spiro atoms. The predicted octanol–water partition coefficient (Wildman–Crippen LogP) is 4.15. The summed E-state index contributed by atoms with van der Waals surface area (Å²) in [7, 11) is -3.89. The van der Waals surface area contributed by atoms with Gasteiger partial charge in [-0.05, 0) is 41.8 Å². The molecule has 3 aromatic carbocycles. The average Bonchev–Trinajstić information content (AvgIpc) is 2.90. The lowest BCUT2D eigenvalue weighted by Gasteiger charge is -2.33. The van der Waals surface area contributed by atoms with E-state index in [-0.39, 0.29) is 24.6 Å². The van der Waals surface area contributed by atoms with E-state index in [2.05, 4.69) is 5.32 Å². The fraction of sp³-hybridized carbons (Fsp3) is 0.310. The molecule has 0 fully saturated rings. The minimum atomic E-state index is -3.89. The minimum Gasteiger partial charge on any atom is -0.354 e. The molecule has 1 atom stereocenters. The third kappa shape index (κ3) is 8.41. The van der Waals surface area contributed by atoms with Gasteiger partial charge in [-0.1, -0.05) is 74.0 Å². The van der Waals surface area contributed by atoms with Crippen molar-refractivity contribution in [3.05, 3.63) is 102 Å². The van der Waals surface area contributed by atoms with E-state index in [0.29, 0.717) is 6.54 Å². The van der Waals surface area contributed by atoms with Gasteiger partial charge in [-0.25, -0.2) is 12.8 Å². The van der Waals surface area contributed by atoms with Crippen molar-refractivity contribution < 1.29 is 22.4 Å². The van der Waals surface area contributed by atoms with Crippen LogP contribution in [0.1, 0.15) is 30.9 Å². The van der Waals surface area contributed by atoms with Crippen LogP contribution in [0.3, 0.4) is 0 Å². The first kappa shape index (κ1) is 28.8. The number of hydrogen-bond acceptors (Lipinski definition) is 4. The van der Waals surface area contributed by atoms with Crippen LogP contribution in [0.25, 0.3) is 0 Å². The Labute approximate surface area is 224 Å². The molecule has 7 nitrogen and oxygen atoms in total. The molecular formula is C29H34FN3O4S. The molecule has 1 unspecified atom stereocenters. The zero-order valence-electron chi connectivity index (χ0n) is 21.7. The minimum absolute atomic E-state index is 0.111. The number of unbranched alkanes of at least 4 members (excludes halogenated alkanes) is 1. The van der Waals surface area contributed by atoms with Gasteiger partial charge in [-0.3, -0.25) is 13.9 Å². The van der Waals surface area contributed by atoms with Crippen LogP contribution in [0.5, 0.6) is 0 Å². The van der Waals surface area contributed by atoms with E-state index in [1.807, 2.05) is 67.6 Å². The number of benzene rings is 3. The third-order valence-corrected chi connectivity index (χ3v) is 7.23. The summed E-state index contributed by atoms with van der Waals surface area (Å²) in [4.78, 5) is 28.8. The number of nitrogens with one attached hydrogen (secondary N) is 1. The largest absolute Gasteiger partial charge is 0.354 e. The van der Waals surface area contributed by atoms with Crippen molar-refractivity contribution >= 4 is 27.5 Å². The van der Waals surface area contributed by atoms with Crippen LogP contribution in [0.2, 0.25) is 0 Å². The van der Waals surface area contributed by atoms with Gasteiger partial charge in [0.15, 0.2) is 0 Å². The highest BCUT2D eigenvalue weighted by atomic mass is 32.2. The van der Waals surface area contributed by atoms with Crippen molar-refractivity contribution in [1.29, 1.82) is 0 Å². The first-order valence-electron chi connectivity index (χ1n) is 12.6. The number of hydrogen-bond donors (Lipinski definition) is 1. The lowest BCUT2D eigenvalue weighted by atomic mass is 10.0. The van der Waals surface area contributed by atoms with Gasteiger partial charge in [-0.15, -0.1) is 0 Å². The highest BCUT2D eigenvalue weighted by molar-refractivity contribution is 7.92. The zero-order chi connectivity index (χ0) is 27.5. The molecule has 0 saturated heterocycles. The molecule has 9 heteroatoms. The number of halogens is 1. The molecule has 0 heterocycles. The predicted molar refractivity (Wildman–Crippen MR) is 147 cm³/mol. The number of amides is 2. The monoisotopic (exact) mass is 539 g/mol. The maximum Gasteiger partial charge on any atom is 0.244 e. The highest BCUT2D eigenvalue weighted by Crippen LogP contribution is 2.20. The van der Waals surface area contributed by atoms with E-state index >= 15 is 0 Å². The molecule has 0 saturated carbocycles. The maximum absolute atomic E-state index is 13.9. The Morgan fingerprint density at radius 1 is 0.895 bits per heavy atom. The van der Waals surface area contributed by atoms with Crippen molar-refractivity contribution in [1.82, 2.24) is 10.2 Å². The summed E-state index contributed by atoms with van der Waals surface area (Å²) in [5.74, 6) is -1.37. The fourth-order valence-corrected chi connectivity index (χ4v) is 4.91. The van der Waals surface area contributed by atoms with Gasteiger partial charge in [0.1, 0.15) is 18.4 Å². The Morgan fingerprint density at radius 2 is 1.47 bits per heavy atom. The van der Waals surface area contributed by atoms with Gasteiger partial charge in [0, 0.05) is 19.5 Å². The SMILES string of the molecule is CCCCNC(=O)C(Cc1ccccc1)N(Cc1ccccc1)C(=O)CN(c1ccc(F)cc1)S(C)(=O)=O. The molecule has 3 rings (SSSR count). The normalized spacial score (nSPS) is 12.0. The van der Waals surface area contributed by atoms with Crippen LogP contribution in [-0.2, 0) is 32.6 Å². The maximum atomic E-state index is 13.9. The van der Waals surface area contributed by atoms with Gasteiger partial charge >= 0.3 is 0 Å². The lowest BCUT2D eigenvalue weighted by Crippen LogP contribution is -2.53. The Hall–Kier alpha value is -3.72. The smallest absolute Gasteiger partial charge is 0.244 e. The van der Waals surface area contributed by atoms with E-state index in [1.165, 1.54) is 17.0 Å². The second-order valence-electron chi connectivity index (χ2n) is 9.10. The van der Waals surface area contributed by atoms with Gasteiger partial charge in [0.2, 0.25) is 21.8 Å². The fourth-order valence-electron chi connectivity index (χ4n) is 4.06. The standard InChI is InChI=1S/C29H34FN3O4S/c1-3-4-19-31-29(35)27(20-23-11-7-5-8-12-23)32(21-24-13-9-6-10-14-24)28(34)22-33(38(2,36)37)26-17-15-25(30)16-18-26/h5-18,27H,3-4,19-22H2,1-2H3,(H,31,35). The van der Waals surface area contributed by atoms with Crippen molar-refractivity contribution in [3.63, 3.8) is 0 Å². The van der Waals surface area contributed by atoms with Crippen molar-refractivity contribution in [2.45, 2.75) is 38.8 Å². The van der Waals surface area contributed by atoms with Crippen molar-refractivity contribution in [2.24, 2.45) is 0 Å². The molecule has 0 aliphatic carbocycles. The molecule has 38 heavy (non-hydrogen) atoms. The summed E-state index contributed by atoms with van der Waals surface area (Å²) in [5, 5.41) is 2.94. The van der Waals surface area contributed by atoms with Crippen LogP contribution >= 0.6 is 0 Å². The Bertz CT molecular complexity index is 1290. The molecule has 1 N–H and O–H groups in total. The van der Waals surface area contributed by atoms with Gasteiger partial charge < -0.3 is 10.2 Å². The number of rotatable bonds is 13. The third-order valence-electron chi connectivity index (χ3n) is 6.09. The van der Waals surface area contributed by atoms with E-state index in [4.69, 9.17) is 0 Å². The highest BCUT2D eigenvalue weighted by Gasteiger charge is 2.32. The average molecular weight is 540 g/mol. The molecule has 0 aliphatic heterocycles. The zero-order valence-corrected chi connectivity index (χ0v) is 22.5. The Balaban J connectivity index is 2.00. The number of sulfonamides is 1. The quantitative estimate of drug-likeness (QED) is 0.331. The summed E-state index contributed by atoms with van der Waals surface area (Å²) in [5.41, 5.74) is 1.83. The molecule has 0 radical (unpaired) electrons. The van der Waals surface area contributed by atoms with Crippen LogP contribution in [0.15, 0.2) is 84.9 Å². The Kier molecular flexibility index (Phi) is 10.4. The van der Waals surface area contributed by atoms with Crippen molar-refractivity contribution in [2.75, 3.05) is 23.7 Å². The van der Waals surface area contributed by atoms with E-state index in [0.717, 1.165) is 46.7 Å². The molecule has 0 aromatic heterocycles. The van der Waals surface area contributed by atoms with Crippen LogP contribution in [0.4, 0.5) is 10.1 Å². The lowest BCUT2D eigenvalue weighted by molar-refractivity contribution is -0.140. The first-order valence-corrected chi connectivity index (χ1v) is 14.4. The second-order valence-corrected chi connectivity index (χ2v) is 11.0. The number of carbonyl (C=O) groups is 2. The van der Waals surface area contributed by atoms with Crippen LogP contribution < -0.4 is 9.62 Å². The first-order chi connectivity index (χ1) is 18.2. The number of carbonyl (C=O) groups excluding carboxylic acids is 2. The van der Waals surface area contributed by atoms with E-state index in [1.54, 1.807) is 0 Å². The Morgan fingerprint density at radius 3 is 2.03 bits per heavy atom. The van der Waals surface area contributed by atoms with Crippen molar-refractivity contribution in [3.8, 4) is 0 Å². The summed E-state index contributed by atoms with van der Waals surface area (Å²) in [6, 6.07) is 22.6. The molecule has 2 amide bonds. The second kappa shape index (κ2) is 13.7. The van der Waals surface area contributed by atoms with Gasteiger partial charge in [0.25, 0.3) is 0 Å². The van der Waals surface area contributed by atoms with E-state index in [9.17, 15) is 22.4 Å². The summed E-state index contributed by atoms with van der Waals surface area (Å²) in [6.45, 7) is 2.07.